The maximum Gasteiger partial charge on any atom is 0.240 e. The lowest BCUT2D eigenvalue weighted by Gasteiger charge is -2.07. The standard InChI is InChI=1S/C19H16F3N3O3S2/c20-13-3-1-12(2-4-13)9-14-11-23-19(29-14)25-18(26)7-8-24-30(27,28)15-5-6-16(21)17(22)10-15/h1-6,10-11,24H,7-9H2,(H,23,25,26). The summed E-state index contributed by atoms with van der Waals surface area (Å²) in [7, 11) is -4.08. The maximum atomic E-state index is 13.2. The van der Waals surface area contributed by atoms with Gasteiger partial charge in [0.05, 0.1) is 4.90 Å². The highest BCUT2D eigenvalue weighted by Crippen LogP contribution is 2.21. The molecule has 1 heterocycles. The van der Waals surface area contributed by atoms with Gasteiger partial charge in [0, 0.05) is 30.5 Å². The number of thiazole rings is 1. The Morgan fingerprint density at radius 2 is 1.77 bits per heavy atom. The quantitative estimate of drug-likeness (QED) is 0.545. The topological polar surface area (TPSA) is 88.2 Å². The van der Waals surface area contributed by atoms with Gasteiger partial charge in [-0.1, -0.05) is 12.1 Å². The first kappa shape index (κ1) is 21.9. The molecule has 1 aromatic heterocycles. The zero-order valence-electron chi connectivity index (χ0n) is 15.4. The van der Waals surface area contributed by atoms with Gasteiger partial charge in [0.25, 0.3) is 0 Å². The summed E-state index contributed by atoms with van der Waals surface area (Å²) in [5, 5.41) is 2.91. The maximum absolute atomic E-state index is 13.2. The molecule has 3 aromatic rings. The van der Waals surface area contributed by atoms with Crippen LogP contribution in [0.15, 0.2) is 53.6 Å². The van der Waals surface area contributed by atoms with Gasteiger partial charge < -0.3 is 5.32 Å². The number of anilines is 1. The number of benzene rings is 2. The third kappa shape index (κ3) is 5.88. The molecule has 0 spiro atoms. The molecule has 11 heteroatoms. The Morgan fingerprint density at radius 3 is 2.47 bits per heavy atom. The minimum Gasteiger partial charge on any atom is -0.302 e. The van der Waals surface area contributed by atoms with E-state index < -0.39 is 32.5 Å². The molecule has 0 radical (unpaired) electrons. The molecule has 2 N–H and O–H groups in total. The van der Waals surface area contributed by atoms with E-state index in [1.807, 2.05) is 0 Å². The van der Waals surface area contributed by atoms with Gasteiger partial charge >= 0.3 is 0 Å². The second kappa shape index (κ2) is 9.37. The van der Waals surface area contributed by atoms with Gasteiger partial charge in [-0.2, -0.15) is 0 Å². The molecule has 0 bridgehead atoms. The van der Waals surface area contributed by atoms with Crippen molar-refractivity contribution >= 4 is 32.4 Å². The van der Waals surface area contributed by atoms with Crippen molar-refractivity contribution in [2.75, 3.05) is 11.9 Å². The van der Waals surface area contributed by atoms with Crippen LogP contribution in [0.4, 0.5) is 18.3 Å². The lowest BCUT2D eigenvalue weighted by atomic mass is 10.1. The third-order valence-electron chi connectivity index (χ3n) is 3.94. The molecule has 0 atom stereocenters. The number of carbonyl (C=O) groups excluding carboxylic acids is 1. The van der Waals surface area contributed by atoms with E-state index in [1.54, 1.807) is 18.3 Å². The van der Waals surface area contributed by atoms with Crippen molar-refractivity contribution in [2.24, 2.45) is 0 Å². The van der Waals surface area contributed by atoms with Crippen LogP contribution in [0.25, 0.3) is 0 Å². The number of halogens is 3. The van der Waals surface area contributed by atoms with Crippen LogP contribution >= 0.6 is 11.3 Å². The smallest absolute Gasteiger partial charge is 0.240 e. The van der Waals surface area contributed by atoms with E-state index in [-0.39, 0.29) is 18.8 Å². The largest absolute Gasteiger partial charge is 0.302 e. The van der Waals surface area contributed by atoms with E-state index in [1.165, 1.54) is 23.5 Å². The summed E-state index contributed by atoms with van der Waals surface area (Å²) in [6.45, 7) is -0.235. The van der Waals surface area contributed by atoms with Gasteiger partial charge in [-0.3, -0.25) is 4.79 Å². The molecule has 0 fully saturated rings. The van der Waals surface area contributed by atoms with Gasteiger partial charge in [-0.15, -0.1) is 11.3 Å². The summed E-state index contributed by atoms with van der Waals surface area (Å²) in [5.74, 6) is -3.23. The fourth-order valence-electron chi connectivity index (χ4n) is 2.46. The molecule has 3 rings (SSSR count). The number of amides is 1. The van der Waals surface area contributed by atoms with Crippen LogP contribution in [0.2, 0.25) is 0 Å². The fraction of sp³-hybridized carbons (Fsp3) is 0.158. The summed E-state index contributed by atoms with van der Waals surface area (Å²) in [6.07, 6.45) is 1.94. The van der Waals surface area contributed by atoms with Gasteiger partial charge in [0.15, 0.2) is 16.8 Å². The molecule has 1 amide bonds. The number of nitrogens with one attached hydrogen (secondary N) is 2. The number of aromatic nitrogens is 1. The molecule has 0 saturated heterocycles. The summed E-state index contributed by atoms with van der Waals surface area (Å²) in [5.41, 5.74) is 0.893. The molecule has 0 aliphatic heterocycles. The zero-order valence-corrected chi connectivity index (χ0v) is 17.0. The van der Waals surface area contributed by atoms with Crippen LogP contribution in [0.5, 0.6) is 0 Å². The van der Waals surface area contributed by atoms with Gasteiger partial charge in [0.1, 0.15) is 5.82 Å². The molecule has 6 nitrogen and oxygen atoms in total. The van der Waals surface area contributed by atoms with Crippen LogP contribution in [0, 0.1) is 17.5 Å². The van der Waals surface area contributed by atoms with E-state index in [2.05, 4.69) is 15.0 Å². The number of rotatable bonds is 8. The van der Waals surface area contributed by atoms with Crippen molar-refractivity contribution in [3.63, 3.8) is 0 Å². The first-order valence-corrected chi connectivity index (χ1v) is 11.0. The van der Waals surface area contributed by atoms with E-state index in [0.29, 0.717) is 23.7 Å². The monoisotopic (exact) mass is 455 g/mol. The predicted octanol–water partition coefficient (Wildman–Crippen LogP) is 3.46. The molecular formula is C19H16F3N3O3S2. The first-order chi connectivity index (χ1) is 14.2. The zero-order chi connectivity index (χ0) is 21.7. The number of nitrogens with zero attached hydrogens (tertiary/aromatic N) is 1. The van der Waals surface area contributed by atoms with Crippen LogP contribution < -0.4 is 10.0 Å². The average Bonchev–Trinajstić information content (AvgIpc) is 3.12. The van der Waals surface area contributed by atoms with Gasteiger partial charge in [-0.25, -0.2) is 31.3 Å². The van der Waals surface area contributed by atoms with Gasteiger partial charge in [0.2, 0.25) is 15.9 Å². The lowest BCUT2D eigenvalue weighted by molar-refractivity contribution is -0.116. The molecule has 158 valence electrons. The SMILES string of the molecule is O=C(CCNS(=O)(=O)c1ccc(F)c(F)c1)Nc1ncc(Cc2ccc(F)cc2)s1. The van der Waals surface area contributed by atoms with Crippen molar-refractivity contribution in [3.8, 4) is 0 Å². The molecule has 0 aliphatic carbocycles. The summed E-state index contributed by atoms with van der Waals surface area (Å²) >= 11 is 1.25. The Hall–Kier alpha value is -2.76. The minimum atomic E-state index is -4.08. The van der Waals surface area contributed by atoms with Crippen LogP contribution in [0.3, 0.4) is 0 Å². The molecule has 0 saturated carbocycles. The van der Waals surface area contributed by atoms with E-state index in [4.69, 9.17) is 0 Å². The third-order valence-corrected chi connectivity index (χ3v) is 6.31. The van der Waals surface area contributed by atoms with Crippen molar-refractivity contribution in [2.45, 2.75) is 17.7 Å². The van der Waals surface area contributed by atoms with E-state index in [9.17, 15) is 26.4 Å². The van der Waals surface area contributed by atoms with Crippen molar-refractivity contribution < 1.29 is 26.4 Å². The highest BCUT2D eigenvalue weighted by Gasteiger charge is 2.17. The van der Waals surface area contributed by atoms with Crippen LogP contribution in [-0.2, 0) is 21.2 Å². The molecule has 30 heavy (non-hydrogen) atoms. The van der Waals surface area contributed by atoms with Crippen molar-refractivity contribution in [3.05, 3.63) is 76.6 Å². The van der Waals surface area contributed by atoms with Crippen molar-refractivity contribution in [1.29, 1.82) is 0 Å². The van der Waals surface area contributed by atoms with Gasteiger partial charge in [-0.05, 0) is 35.9 Å². The first-order valence-electron chi connectivity index (χ1n) is 8.66. The number of hydrogen-bond acceptors (Lipinski definition) is 5. The number of carbonyl (C=O) groups is 1. The second-order valence-corrected chi connectivity index (χ2v) is 9.09. The van der Waals surface area contributed by atoms with Crippen LogP contribution in [-0.4, -0.2) is 25.9 Å². The molecular weight excluding hydrogens is 439 g/mol. The average molecular weight is 455 g/mol. The molecule has 0 aliphatic rings. The number of sulfonamides is 1. The normalized spacial score (nSPS) is 11.4. The summed E-state index contributed by atoms with van der Waals surface area (Å²) < 4.78 is 65.4. The van der Waals surface area contributed by atoms with E-state index in [0.717, 1.165) is 16.5 Å². The Bertz CT molecular complexity index is 1150. The summed E-state index contributed by atoms with van der Waals surface area (Å²) in [4.78, 5) is 16.5. The highest BCUT2D eigenvalue weighted by molar-refractivity contribution is 7.89. The molecule has 0 unspecified atom stereocenters. The Morgan fingerprint density at radius 1 is 1.03 bits per heavy atom. The fourth-order valence-corrected chi connectivity index (χ4v) is 4.36. The molecule has 2 aromatic carbocycles. The predicted molar refractivity (Wildman–Crippen MR) is 106 cm³/mol. The lowest BCUT2D eigenvalue weighted by Crippen LogP contribution is -2.28. The van der Waals surface area contributed by atoms with Crippen LogP contribution in [0.1, 0.15) is 16.9 Å². The van der Waals surface area contributed by atoms with Crippen molar-refractivity contribution in [1.82, 2.24) is 9.71 Å². The Kier molecular flexibility index (Phi) is 6.85. The summed E-state index contributed by atoms with van der Waals surface area (Å²) in [6, 6.07) is 8.25. The number of hydrogen-bond donors (Lipinski definition) is 2. The highest BCUT2D eigenvalue weighted by atomic mass is 32.2. The Labute approximate surface area is 174 Å². The second-order valence-electron chi connectivity index (χ2n) is 6.21. The van der Waals surface area contributed by atoms with E-state index >= 15 is 0 Å². The minimum absolute atomic E-state index is 0.185. The Balaban J connectivity index is 1.49.